The number of esters is 1. The summed E-state index contributed by atoms with van der Waals surface area (Å²) in [7, 11) is 0. The molecule has 1 fully saturated rings. The summed E-state index contributed by atoms with van der Waals surface area (Å²) in [4.78, 5) is 12.2. The molecule has 1 heterocycles. The lowest BCUT2D eigenvalue weighted by Gasteiger charge is -2.45. The first-order valence-corrected chi connectivity index (χ1v) is 7.62. The molecule has 0 spiro atoms. The van der Waals surface area contributed by atoms with Gasteiger partial charge >= 0.3 is 12.1 Å². The number of aryl methyl sites for hydroxylation is 1. The molecule has 0 saturated carbocycles. The Kier molecular flexibility index (Phi) is 5.05. The van der Waals surface area contributed by atoms with Crippen LogP contribution in [0.5, 0.6) is 0 Å². The summed E-state index contributed by atoms with van der Waals surface area (Å²) < 4.78 is 45.2. The Balaban J connectivity index is 2.55. The number of nitrogens with one attached hydrogen (secondary N) is 2. The number of aliphatic hydroxyl groups is 1. The minimum Gasteiger partial charge on any atom is -0.466 e. The maximum atomic E-state index is 13.5. The number of carbonyl (C=O) groups is 1. The molecule has 0 bridgehead atoms. The number of ether oxygens (including phenoxy) is 1. The number of hydrogen-bond acceptors (Lipinski definition) is 4. The maximum absolute atomic E-state index is 13.5. The smallest absolute Gasteiger partial charge is 0.437 e. The zero-order valence-corrected chi connectivity index (χ0v) is 13.8. The molecule has 0 aromatic heterocycles. The molecular weight excluding hydrogens is 345 g/mol. The van der Waals surface area contributed by atoms with E-state index in [1.54, 1.807) is 29.6 Å². The molecule has 24 heavy (non-hydrogen) atoms. The number of carbonyl (C=O) groups excluding carboxylic acids is 1. The maximum Gasteiger partial charge on any atom is 0.437 e. The first kappa shape index (κ1) is 18.5. The van der Waals surface area contributed by atoms with Gasteiger partial charge in [-0.2, -0.15) is 13.2 Å². The average Bonchev–Trinajstić information content (AvgIpc) is 2.46. The van der Waals surface area contributed by atoms with Crippen molar-refractivity contribution in [3.05, 3.63) is 35.4 Å². The van der Waals surface area contributed by atoms with Crippen LogP contribution in [-0.4, -0.2) is 34.7 Å². The van der Waals surface area contributed by atoms with Crippen molar-refractivity contribution in [3.63, 3.8) is 0 Å². The predicted octanol–water partition coefficient (Wildman–Crippen LogP) is 1.94. The zero-order chi connectivity index (χ0) is 18.1. The van der Waals surface area contributed by atoms with Gasteiger partial charge in [-0.1, -0.05) is 29.8 Å². The van der Waals surface area contributed by atoms with Gasteiger partial charge in [0.15, 0.2) is 5.11 Å². The van der Waals surface area contributed by atoms with Gasteiger partial charge in [0.25, 0.3) is 5.72 Å². The van der Waals surface area contributed by atoms with Crippen molar-refractivity contribution >= 4 is 23.3 Å². The van der Waals surface area contributed by atoms with E-state index in [4.69, 9.17) is 17.0 Å². The normalized spacial score (nSPS) is 27.2. The van der Waals surface area contributed by atoms with E-state index >= 15 is 0 Å². The van der Waals surface area contributed by atoms with Crippen molar-refractivity contribution in [2.24, 2.45) is 5.92 Å². The molecule has 0 amide bonds. The Morgan fingerprint density at radius 3 is 2.46 bits per heavy atom. The number of alkyl halides is 3. The number of benzene rings is 1. The number of rotatable bonds is 3. The van der Waals surface area contributed by atoms with Gasteiger partial charge in [0, 0.05) is 0 Å². The Morgan fingerprint density at radius 1 is 1.38 bits per heavy atom. The lowest BCUT2D eigenvalue weighted by molar-refractivity contribution is -0.292. The van der Waals surface area contributed by atoms with Crippen LogP contribution >= 0.6 is 12.2 Å². The molecule has 0 unspecified atom stereocenters. The van der Waals surface area contributed by atoms with Crippen molar-refractivity contribution in [1.29, 1.82) is 0 Å². The van der Waals surface area contributed by atoms with E-state index in [0.29, 0.717) is 5.56 Å². The standard InChI is InChI=1S/C15H17F3N2O3S/c1-3-23-12(21)10-11(9-6-4-8(2)5-7-9)19-13(24)20-14(10,22)15(16,17)18/h4-7,10-11,22H,3H2,1-2H3,(H2,19,20,24)/t10-,11+,14-/m0/s1. The van der Waals surface area contributed by atoms with Crippen LogP contribution in [0.2, 0.25) is 0 Å². The van der Waals surface area contributed by atoms with Gasteiger partial charge in [0.2, 0.25) is 0 Å². The van der Waals surface area contributed by atoms with E-state index in [9.17, 15) is 23.1 Å². The molecule has 0 aliphatic carbocycles. The van der Waals surface area contributed by atoms with Crippen molar-refractivity contribution in [2.45, 2.75) is 31.8 Å². The third kappa shape index (κ3) is 3.32. The largest absolute Gasteiger partial charge is 0.466 e. The third-order valence-electron chi connectivity index (χ3n) is 3.78. The summed E-state index contributed by atoms with van der Waals surface area (Å²) in [5, 5.41) is 14.3. The van der Waals surface area contributed by atoms with Crippen LogP contribution in [0.15, 0.2) is 24.3 Å². The summed E-state index contributed by atoms with van der Waals surface area (Å²) in [6.45, 7) is 3.17. The molecule has 0 radical (unpaired) electrons. The van der Waals surface area contributed by atoms with Crippen LogP contribution in [0.25, 0.3) is 0 Å². The molecule has 5 nitrogen and oxygen atoms in total. The highest BCUT2D eigenvalue weighted by Gasteiger charge is 2.66. The van der Waals surface area contributed by atoms with E-state index in [1.807, 2.05) is 6.92 Å². The molecule has 1 aliphatic rings. The lowest BCUT2D eigenvalue weighted by Crippen LogP contribution is -2.73. The van der Waals surface area contributed by atoms with Crippen LogP contribution < -0.4 is 10.6 Å². The second kappa shape index (κ2) is 6.56. The van der Waals surface area contributed by atoms with E-state index < -0.39 is 34.9 Å². The van der Waals surface area contributed by atoms with Gasteiger partial charge in [0.05, 0.1) is 12.6 Å². The lowest BCUT2D eigenvalue weighted by atomic mass is 9.82. The molecule has 1 aliphatic heterocycles. The quantitative estimate of drug-likeness (QED) is 0.564. The van der Waals surface area contributed by atoms with Gasteiger partial charge in [-0.15, -0.1) is 0 Å². The third-order valence-corrected chi connectivity index (χ3v) is 4.00. The van der Waals surface area contributed by atoms with Gasteiger partial charge in [0.1, 0.15) is 5.92 Å². The Hall–Kier alpha value is -1.87. The average molecular weight is 362 g/mol. The molecule has 1 aromatic rings. The van der Waals surface area contributed by atoms with Crippen LogP contribution in [0.1, 0.15) is 24.1 Å². The second-order valence-electron chi connectivity index (χ2n) is 5.48. The highest BCUT2D eigenvalue weighted by molar-refractivity contribution is 7.80. The summed E-state index contributed by atoms with van der Waals surface area (Å²) in [6.07, 6.45) is -5.14. The van der Waals surface area contributed by atoms with Crippen LogP contribution in [0, 0.1) is 12.8 Å². The Labute approximate surface area is 142 Å². The van der Waals surface area contributed by atoms with Crippen molar-refractivity contribution in [2.75, 3.05) is 6.61 Å². The van der Waals surface area contributed by atoms with Crippen LogP contribution in [0.4, 0.5) is 13.2 Å². The summed E-state index contributed by atoms with van der Waals surface area (Å²) in [6, 6.07) is 5.34. The van der Waals surface area contributed by atoms with E-state index in [0.717, 1.165) is 5.56 Å². The Morgan fingerprint density at radius 2 is 1.96 bits per heavy atom. The van der Waals surface area contributed by atoms with Crippen molar-refractivity contribution in [3.8, 4) is 0 Å². The van der Waals surface area contributed by atoms with Crippen LogP contribution in [-0.2, 0) is 9.53 Å². The summed E-state index contributed by atoms with van der Waals surface area (Å²) in [5.41, 5.74) is -2.25. The van der Waals surface area contributed by atoms with E-state index in [1.165, 1.54) is 6.92 Å². The summed E-state index contributed by atoms with van der Waals surface area (Å²) >= 11 is 4.80. The van der Waals surface area contributed by atoms with Gasteiger partial charge in [-0.3, -0.25) is 4.79 Å². The predicted molar refractivity (Wildman–Crippen MR) is 83.9 cm³/mol. The fourth-order valence-corrected chi connectivity index (χ4v) is 2.87. The van der Waals surface area contributed by atoms with Crippen LogP contribution in [0.3, 0.4) is 0 Å². The van der Waals surface area contributed by atoms with Gasteiger partial charge < -0.3 is 20.5 Å². The fourth-order valence-electron chi connectivity index (χ4n) is 2.59. The zero-order valence-electron chi connectivity index (χ0n) is 13.0. The Bertz CT molecular complexity index is 636. The van der Waals surface area contributed by atoms with Gasteiger partial charge in [-0.05, 0) is 31.6 Å². The number of hydrogen-bond donors (Lipinski definition) is 3. The number of halogens is 3. The van der Waals surface area contributed by atoms with E-state index in [-0.39, 0.29) is 6.61 Å². The molecule has 1 aromatic carbocycles. The number of thiocarbonyl (C=S) groups is 1. The van der Waals surface area contributed by atoms with E-state index in [2.05, 4.69) is 5.32 Å². The molecule has 1 saturated heterocycles. The highest BCUT2D eigenvalue weighted by Crippen LogP contribution is 2.43. The van der Waals surface area contributed by atoms with Gasteiger partial charge in [-0.25, -0.2) is 0 Å². The first-order chi connectivity index (χ1) is 11.1. The molecule has 2 rings (SSSR count). The molecule has 132 valence electrons. The summed E-state index contributed by atoms with van der Waals surface area (Å²) in [5.74, 6) is -3.14. The first-order valence-electron chi connectivity index (χ1n) is 7.21. The molecule has 3 N–H and O–H groups in total. The second-order valence-corrected chi connectivity index (χ2v) is 5.89. The molecular formula is C15H17F3N2O3S. The topological polar surface area (TPSA) is 70.6 Å². The molecule has 9 heteroatoms. The SMILES string of the molecule is CCOC(=O)[C@@H]1[C@@H](c2ccc(C)cc2)NC(=S)N[C@@]1(O)C(F)(F)F. The highest BCUT2D eigenvalue weighted by atomic mass is 32.1. The van der Waals surface area contributed by atoms with Crippen molar-refractivity contribution in [1.82, 2.24) is 10.6 Å². The minimum atomic E-state index is -5.14. The molecule has 3 atom stereocenters. The fraction of sp³-hybridized carbons (Fsp3) is 0.467. The minimum absolute atomic E-state index is 0.117. The monoisotopic (exact) mass is 362 g/mol. The van der Waals surface area contributed by atoms with Crippen molar-refractivity contribution < 1.29 is 27.8 Å².